The van der Waals surface area contributed by atoms with Crippen LogP contribution in [-0.2, 0) is 11.8 Å². The lowest BCUT2D eigenvalue weighted by atomic mass is 9.86. The van der Waals surface area contributed by atoms with Gasteiger partial charge in [0.25, 0.3) is 0 Å². The summed E-state index contributed by atoms with van der Waals surface area (Å²) in [7, 11) is 0. The van der Waals surface area contributed by atoms with Gasteiger partial charge >= 0.3 is 0 Å². The van der Waals surface area contributed by atoms with Crippen molar-refractivity contribution >= 4 is 11.3 Å². The van der Waals surface area contributed by atoms with E-state index in [9.17, 15) is 0 Å². The lowest BCUT2D eigenvalue weighted by Gasteiger charge is -2.21. The Hall–Kier alpha value is -1.23. The first-order valence-corrected chi connectivity index (χ1v) is 7.75. The lowest BCUT2D eigenvalue weighted by Crippen LogP contribution is -2.29. The Kier molecular flexibility index (Phi) is 4.58. The highest BCUT2D eigenvalue weighted by atomic mass is 32.1. The summed E-state index contributed by atoms with van der Waals surface area (Å²) >= 11 is 1.68. The van der Waals surface area contributed by atoms with Gasteiger partial charge in [-0.25, -0.2) is 4.98 Å². The molecule has 0 aliphatic rings. The van der Waals surface area contributed by atoms with Crippen LogP contribution in [0, 0.1) is 6.92 Å². The zero-order valence-electron chi connectivity index (χ0n) is 12.6. The molecule has 2 rings (SSSR count). The van der Waals surface area contributed by atoms with Gasteiger partial charge in [-0.15, -0.1) is 11.3 Å². The van der Waals surface area contributed by atoms with E-state index >= 15 is 0 Å². The van der Waals surface area contributed by atoms with E-state index in [2.05, 4.69) is 60.8 Å². The van der Waals surface area contributed by atoms with E-state index in [0.29, 0.717) is 0 Å². The second-order valence-corrected chi connectivity index (χ2v) is 7.22. The highest BCUT2D eigenvalue weighted by Crippen LogP contribution is 2.25. The molecule has 0 amide bonds. The Morgan fingerprint density at radius 3 is 2.35 bits per heavy atom. The molecule has 2 aromatic rings. The first kappa shape index (κ1) is 15.2. The van der Waals surface area contributed by atoms with Crippen molar-refractivity contribution in [2.75, 3.05) is 0 Å². The molecule has 0 aliphatic carbocycles. The fraction of sp³-hybridized carbons (Fsp3) is 0.438. The molecule has 0 bridgehead atoms. The summed E-state index contributed by atoms with van der Waals surface area (Å²) in [6.07, 6.45) is 0.815. The van der Waals surface area contributed by atoms with Crippen LogP contribution in [0.5, 0.6) is 0 Å². The molecule has 1 heterocycles. The minimum atomic E-state index is 0.102. The second-order valence-electron chi connectivity index (χ2n) is 6.15. The van der Waals surface area contributed by atoms with Crippen molar-refractivity contribution in [1.82, 2.24) is 10.4 Å². The van der Waals surface area contributed by atoms with Crippen LogP contribution in [0.4, 0.5) is 0 Å². The van der Waals surface area contributed by atoms with E-state index < -0.39 is 0 Å². The summed E-state index contributed by atoms with van der Waals surface area (Å²) in [6.45, 7) is 8.69. The summed E-state index contributed by atoms with van der Waals surface area (Å²) in [5, 5.41) is 3.20. The molecule has 1 aromatic heterocycles. The average Bonchev–Trinajstić information content (AvgIpc) is 2.81. The van der Waals surface area contributed by atoms with Gasteiger partial charge in [0.15, 0.2) is 0 Å². The van der Waals surface area contributed by atoms with Crippen LogP contribution in [0.15, 0.2) is 29.6 Å². The second kappa shape index (κ2) is 6.04. The van der Waals surface area contributed by atoms with Crippen molar-refractivity contribution in [1.29, 1.82) is 0 Å². The summed E-state index contributed by atoms with van der Waals surface area (Å²) in [5.74, 6) is 5.71. The number of thiazole rings is 1. The summed E-state index contributed by atoms with van der Waals surface area (Å²) in [5.41, 5.74) is 6.70. The molecule has 0 aliphatic heterocycles. The topological polar surface area (TPSA) is 50.9 Å². The third-order valence-corrected chi connectivity index (χ3v) is 4.28. The Labute approximate surface area is 125 Å². The SMILES string of the molecule is Cc1nc(CC(NN)c2ccc(C(C)(C)C)cc2)cs1. The lowest BCUT2D eigenvalue weighted by molar-refractivity contribution is 0.544. The van der Waals surface area contributed by atoms with Crippen molar-refractivity contribution in [2.45, 2.75) is 45.6 Å². The van der Waals surface area contributed by atoms with E-state index in [4.69, 9.17) is 5.84 Å². The molecule has 0 saturated heterocycles. The zero-order valence-corrected chi connectivity index (χ0v) is 13.4. The number of nitrogens with one attached hydrogen (secondary N) is 1. The first-order valence-electron chi connectivity index (χ1n) is 6.87. The highest BCUT2D eigenvalue weighted by Gasteiger charge is 2.16. The number of hydrogen-bond donors (Lipinski definition) is 2. The van der Waals surface area contributed by atoms with Crippen molar-refractivity contribution in [3.8, 4) is 0 Å². The third-order valence-electron chi connectivity index (χ3n) is 3.46. The van der Waals surface area contributed by atoms with Crippen molar-refractivity contribution in [2.24, 2.45) is 5.84 Å². The van der Waals surface area contributed by atoms with Crippen LogP contribution in [0.3, 0.4) is 0 Å². The maximum atomic E-state index is 5.71. The van der Waals surface area contributed by atoms with Gasteiger partial charge in [-0.1, -0.05) is 45.0 Å². The van der Waals surface area contributed by atoms with Crippen molar-refractivity contribution < 1.29 is 0 Å². The number of benzene rings is 1. The number of hydrogen-bond acceptors (Lipinski definition) is 4. The van der Waals surface area contributed by atoms with Crippen molar-refractivity contribution in [3.63, 3.8) is 0 Å². The molecule has 0 spiro atoms. The molecule has 0 fully saturated rings. The van der Waals surface area contributed by atoms with Crippen LogP contribution in [0.2, 0.25) is 0 Å². The van der Waals surface area contributed by atoms with Gasteiger partial charge in [0, 0.05) is 11.8 Å². The number of nitrogens with zero attached hydrogens (tertiary/aromatic N) is 1. The number of rotatable bonds is 4. The molecule has 0 saturated carbocycles. The van der Waals surface area contributed by atoms with E-state index in [1.54, 1.807) is 11.3 Å². The number of aryl methyl sites for hydroxylation is 1. The largest absolute Gasteiger partial charge is 0.271 e. The Morgan fingerprint density at radius 2 is 1.90 bits per heavy atom. The summed E-state index contributed by atoms with van der Waals surface area (Å²) in [4.78, 5) is 4.50. The monoisotopic (exact) mass is 289 g/mol. The maximum absolute atomic E-state index is 5.71. The van der Waals surface area contributed by atoms with Crippen molar-refractivity contribution in [3.05, 3.63) is 51.5 Å². The van der Waals surface area contributed by atoms with Crippen LogP contribution >= 0.6 is 11.3 Å². The van der Waals surface area contributed by atoms with Crippen LogP contribution in [0.1, 0.15) is 48.6 Å². The molecule has 0 radical (unpaired) electrons. The summed E-state index contributed by atoms with van der Waals surface area (Å²) in [6, 6.07) is 8.79. The molecule has 1 unspecified atom stereocenters. The molecule has 20 heavy (non-hydrogen) atoms. The minimum Gasteiger partial charge on any atom is -0.271 e. The Morgan fingerprint density at radius 1 is 1.25 bits per heavy atom. The fourth-order valence-electron chi connectivity index (χ4n) is 2.20. The van der Waals surface area contributed by atoms with E-state index in [-0.39, 0.29) is 11.5 Å². The van der Waals surface area contributed by atoms with Gasteiger partial charge in [0.05, 0.1) is 16.7 Å². The van der Waals surface area contributed by atoms with Crippen LogP contribution in [-0.4, -0.2) is 4.98 Å². The van der Waals surface area contributed by atoms with Gasteiger partial charge in [-0.2, -0.15) is 0 Å². The molecular formula is C16H23N3S. The van der Waals surface area contributed by atoms with Gasteiger partial charge in [0.2, 0.25) is 0 Å². The Balaban J connectivity index is 2.15. The predicted octanol–water partition coefficient (Wildman–Crippen LogP) is 3.50. The maximum Gasteiger partial charge on any atom is 0.0897 e. The van der Waals surface area contributed by atoms with E-state index in [0.717, 1.165) is 17.1 Å². The average molecular weight is 289 g/mol. The number of hydrazine groups is 1. The number of nitrogens with two attached hydrogens (primary N) is 1. The summed E-state index contributed by atoms with van der Waals surface area (Å²) < 4.78 is 0. The molecule has 3 N–H and O–H groups in total. The highest BCUT2D eigenvalue weighted by molar-refractivity contribution is 7.09. The fourth-order valence-corrected chi connectivity index (χ4v) is 2.83. The Bertz CT molecular complexity index is 552. The van der Waals surface area contributed by atoms with Crippen LogP contribution in [0.25, 0.3) is 0 Å². The normalized spacial score (nSPS) is 13.4. The quantitative estimate of drug-likeness (QED) is 0.669. The van der Waals surface area contributed by atoms with Gasteiger partial charge in [-0.05, 0) is 23.5 Å². The minimum absolute atomic E-state index is 0.102. The first-order chi connectivity index (χ1) is 9.40. The van der Waals surface area contributed by atoms with Gasteiger partial charge in [0.1, 0.15) is 0 Å². The predicted molar refractivity (Wildman–Crippen MR) is 85.8 cm³/mol. The molecule has 4 heteroatoms. The molecule has 3 nitrogen and oxygen atoms in total. The number of aromatic nitrogens is 1. The van der Waals surface area contributed by atoms with Gasteiger partial charge in [-0.3, -0.25) is 11.3 Å². The smallest absolute Gasteiger partial charge is 0.0897 e. The standard InChI is InChI=1S/C16H23N3S/c1-11-18-14(10-20-11)9-15(19-17)12-5-7-13(8-6-12)16(2,3)4/h5-8,10,15,19H,9,17H2,1-4H3. The molecule has 1 atom stereocenters. The zero-order chi connectivity index (χ0) is 14.8. The van der Waals surface area contributed by atoms with E-state index in [1.165, 1.54) is 11.1 Å². The molecule has 1 aromatic carbocycles. The van der Waals surface area contributed by atoms with E-state index in [1.807, 2.05) is 6.92 Å². The molecular weight excluding hydrogens is 266 g/mol. The van der Waals surface area contributed by atoms with Gasteiger partial charge < -0.3 is 0 Å². The third kappa shape index (κ3) is 3.66. The van der Waals surface area contributed by atoms with Crippen LogP contribution < -0.4 is 11.3 Å². The molecule has 108 valence electrons.